The number of fused-ring (bicyclic) bond motifs is 1. The Bertz CT molecular complexity index is 1160. The molecule has 0 fully saturated rings. The quantitative estimate of drug-likeness (QED) is 0.424. The number of anilines is 1. The Morgan fingerprint density at radius 3 is 2.76 bits per heavy atom. The van der Waals surface area contributed by atoms with Gasteiger partial charge in [-0.3, -0.25) is 9.69 Å². The summed E-state index contributed by atoms with van der Waals surface area (Å²) < 4.78 is 19.2. The van der Waals surface area contributed by atoms with Crippen LogP contribution in [0.5, 0.6) is 0 Å². The predicted molar refractivity (Wildman–Crippen MR) is 111 cm³/mol. The number of nitrogens with zero attached hydrogens (tertiary/aromatic N) is 4. The first-order chi connectivity index (χ1) is 14.0. The highest BCUT2D eigenvalue weighted by Crippen LogP contribution is 2.31. The Morgan fingerprint density at radius 1 is 1.21 bits per heavy atom. The summed E-state index contributed by atoms with van der Waals surface area (Å²) in [6, 6.07) is 11.3. The second-order valence-corrected chi connectivity index (χ2v) is 7.71. The fourth-order valence-corrected chi connectivity index (χ4v) is 4.04. The van der Waals surface area contributed by atoms with E-state index in [0.717, 1.165) is 10.2 Å². The van der Waals surface area contributed by atoms with Crippen molar-refractivity contribution in [1.29, 1.82) is 0 Å². The molecule has 148 valence electrons. The first kappa shape index (κ1) is 19.5. The topological polar surface area (TPSA) is 72.1 Å². The zero-order valence-corrected chi connectivity index (χ0v) is 17.0. The Kier molecular flexibility index (Phi) is 5.55. The van der Waals surface area contributed by atoms with E-state index in [1.165, 1.54) is 23.5 Å². The standard InChI is InChI=1S/C20H16ClFN4O2S/c1-2-26(20-23-15-11-13(21)5-8-16(15)29-20)18(27)10-9-17-24-19(25-28-17)12-3-6-14(22)7-4-12/h3-8,11H,2,9-10H2,1H3. The van der Waals surface area contributed by atoms with Gasteiger partial charge in [-0.1, -0.05) is 28.1 Å². The molecule has 4 aromatic rings. The van der Waals surface area contributed by atoms with E-state index in [-0.39, 0.29) is 18.1 Å². The van der Waals surface area contributed by atoms with Crippen molar-refractivity contribution in [3.05, 3.63) is 59.2 Å². The van der Waals surface area contributed by atoms with Gasteiger partial charge in [0.05, 0.1) is 10.2 Å². The van der Waals surface area contributed by atoms with Crippen molar-refractivity contribution in [2.24, 2.45) is 0 Å². The number of aromatic nitrogens is 3. The monoisotopic (exact) mass is 430 g/mol. The van der Waals surface area contributed by atoms with Gasteiger partial charge in [0, 0.05) is 30.0 Å². The summed E-state index contributed by atoms with van der Waals surface area (Å²) in [6.07, 6.45) is 0.510. The molecule has 2 aromatic carbocycles. The third-order valence-corrected chi connectivity index (χ3v) is 5.60. The molecule has 9 heteroatoms. The smallest absolute Gasteiger partial charge is 0.229 e. The van der Waals surface area contributed by atoms with E-state index >= 15 is 0 Å². The van der Waals surface area contributed by atoms with E-state index in [4.69, 9.17) is 16.1 Å². The van der Waals surface area contributed by atoms with Gasteiger partial charge in [0.2, 0.25) is 17.6 Å². The van der Waals surface area contributed by atoms with Gasteiger partial charge in [0.1, 0.15) is 5.82 Å². The van der Waals surface area contributed by atoms with E-state index in [1.807, 2.05) is 13.0 Å². The number of carbonyl (C=O) groups excluding carboxylic acids is 1. The van der Waals surface area contributed by atoms with E-state index in [0.29, 0.717) is 40.4 Å². The molecule has 0 saturated carbocycles. The zero-order valence-electron chi connectivity index (χ0n) is 15.4. The van der Waals surface area contributed by atoms with Gasteiger partial charge in [0.25, 0.3) is 0 Å². The third-order valence-electron chi connectivity index (χ3n) is 4.31. The summed E-state index contributed by atoms with van der Waals surface area (Å²) >= 11 is 7.46. The first-order valence-electron chi connectivity index (χ1n) is 8.98. The van der Waals surface area contributed by atoms with Gasteiger partial charge >= 0.3 is 0 Å². The van der Waals surface area contributed by atoms with Crippen LogP contribution in [0.2, 0.25) is 5.02 Å². The molecule has 0 unspecified atom stereocenters. The molecule has 29 heavy (non-hydrogen) atoms. The summed E-state index contributed by atoms with van der Waals surface area (Å²) in [5.74, 6) is 0.298. The maximum Gasteiger partial charge on any atom is 0.229 e. The van der Waals surface area contributed by atoms with Crippen molar-refractivity contribution in [1.82, 2.24) is 15.1 Å². The highest BCUT2D eigenvalue weighted by molar-refractivity contribution is 7.22. The van der Waals surface area contributed by atoms with Crippen LogP contribution in [0.3, 0.4) is 0 Å². The largest absolute Gasteiger partial charge is 0.339 e. The molecular weight excluding hydrogens is 415 g/mol. The molecule has 4 rings (SSSR count). The number of hydrogen-bond donors (Lipinski definition) is 0. The number of hydrogen-bond acceptors (Lipinski definition) is 6. The van der Waals surface area contributed by atoms with Crippen LogP contribution >= 0.6 is 22.9 Å². The van der Waals surface area contributed by atoms with Gasteiger partial charge in [-0.25, -0.2) is 9.37 Å². The lowest BCUT2D eigenvalue weighted by molar-refractivity contribution is -0.118. The van der Waals surface area contributed by atoms with Crippen LogP contribution in [0.1, 0.15) is 19.2 Å². The normalized spacial score (nSPS) is 11.1. The molecule has 2 aromatic heterocycles. The van der Waals surface area contributed by atoms with Crippen LogP contribution in [0.4, 0.5) is 9.52 Å². The summed E-state index contributed by atoms with van der Waals surface area (Å²) in [4.78, 5) is 23.2. The van der Waals surface area contributed by atoms with Crippen molar-refractivity contribution in [3.63, 3.8) is 0 Å². The maximum atomic E-state index is 13.0. The van der Waals surface area contributed by atoms with Crippen molar-refractivity contribution in [2.45, 2.75) is 19.8 Å². The van der Waals surface area contributed by atoms with Crippen LogP contribution in [-0.4, -0.2) is 27.6 Å². The predicted octanol–water partition coefficient (Wildman–Crippen LogP) is 5.12. The second kappa shape index (κ2) is 8.26. The molecular formula is C20H16ClFN4O2S. The van der Waals surface area contributed by atoms with Crippen molar-refractivity contribution in [2.75, 3.05) is 11.4 Å². The number of benzene rings is 2. The molecule has 0 N–H and O–H groups in total. The van der Waals surface area contributed by atoms with Crippen LogP contribution < -0.4 is 4.90 Å². The Labute approximate surface area is 174 Å². The number of rotatable bonds is 6. The summed E-state index contributed by atoms with van der Waals surface area (Å²) in [5, 5.41) is 5.14. The fourth-order valence-electron chi connectivity index (χ4n) is 2.84. The molecule has 6 nitrogen and oxygen atoms in total. The minimum Gasteiger partial charge on any atom is -0.339 e. The average molecular weight is 431 g/mol. The van der Waals surface area contributed by atoms with Crippen LogP contribution in [0.25, 0.3) is 21.6 Å². The number of aryl methyl sites for hydroxylation is 1. The van der Waals surface area contributed by atoms with Gasteiger partial charge in [-0.15, -0.1) is 0 Å². The lowest BCUT2D eigenvalue weighted by Crippen LogP contribution is -2.30. The second-order valence-electron chi connectivity index (χ2n) is 6.27. The molecule has 0 aliphatic heterocycles. The molecule has 0 aliphatic carbocycles. The van der Waals surface area contributed by atoms with Crippen LogP contribution in [0, 0.1) is 5.82 Å². The molecule has 0 bridgehead atoms. The fraction of sp³-hybridized carbons (Fsp3) is 0.200. The van der Waals surface area contributed by atoms with Crippen molar-refractivity contribution < 1.29 is 13.7 Å². The first-order valence-corrected chi connectivity index (χ1v) is 10.2. The Balaban J connectivity index is 1.44. The Morgan fingerprint density at radius 2 is 2.00 bits per heavy atom. The lowest BCUT2D eigenvalue weighted by Gasteiger charge is -2.16. The van der Waals surface area contributed by atoms with E-state index in [1.54, 1.807) is 29.2 Å². The SMILES string of the molecule is CCN(C(=O)CCc1nc(-c2ccc(F)cc2)no1)c1nc2cc(Cl)ccc2s1. The summed E-state index contributed by atoms with van der Waals surface area (Å²) in [7, 11) is 0. The number of thiazole rings is 1. The van der Waals surface area contributed by atoms with Gasteiger partial charge in [-0.05, 0) is 49.4 Å². The number of amides is 1. The van der Waals surface area contributed by atoms with Gasteiger partial charge < -0.3 is 4.52 Å². The minimum atomic E-state index is -0.333. The number of halogens is 2. The van der Waals surface area contributed by atoms with Crippen LogP contribution in [0.15, 0.2) is 47.0 Å². The van der Waals surface area contributed by atoms with E-state index in [9.17, 15) is 9.18 Å². The van der Waals surface area contributed by atoms with Gasteiger partial charge in [-0.2, -0.15) is 4.98 Å². The average Bonchev–Trinajstić information content (AvgIpc) is 3.34. The molecule has 0 atom stereocenters. The van der Waals surface area contributed by atoms with Gasteiger partial charge in [0.15, 0.2) is 5.13 Å². The molecule has 0 aliphatic rings. The van der Waals surface area contributed by atoms with Crippen LogP contribution in [-0.2, 0) is 11.2 Å². The highest BCUT2D eigenvalue weighted by Gasteiger charge is 2.19. The van der Waals surface area contributed by atoms with E-state index in [2.05, 4.69) is 15.1 Å². The molecule has 2 heterocycles. The summed E-state index contributed by atoms with van der Waals surface area (Å²) in [6.45, 7) is 2.40. The molecule has 0 spiro atoms. The molecule has 1 amide bonds. The summed E-state index contributed by atoms with van der Waals surface area (Å²) in [5.41, 5.74) is 1.42. The number of carbonyl (C=O) groups is 1. The lowest BCUT2D eigenvalue weighted by atomic mass is 10.2. The Hall–Kier alpha value is -2.84. The molecule has 0 saturated heterocycles. The third kappa shape index (κ3) is 4.28. The maximum absolute atomic E-state index is 13.0. The van der Waals surface area contributed by atoms with E-state index < -0.39 is 0 Å². The van der Waals surface area contributed by atoms with Crippen molar-refractivity contribution in [3.8, 4) is 11.4 Å². The van der Waals surface area contributed by atoms with Crippen molar-refractivity contribution >= 4 is 44.2 Å². The highest BCUT2D eigenvalue weighted by atomic mass is 35.5. The molecule has 0 radical (unpaired) electrons. The zero-order chi connectivity index (χ0) is 20.4. The minimum absolute atomic E-state index is 0.0841.